The van der Waals surface area contributed by atoms with Crippen molar-refractivity contribution >= 4 is 17.7 Å². The van der Waals surface area contributed by atoms with Crippen molar-refractivity contribution in [2.45, 2.75) is 13.0 Å². The second-order valence-electron chi connectivity index (χ2n) is 3.74. The van der Waals surface area contributed by atoms with Crippen LogP contribution in [0.1, 0.15) is 12.5 Å². The van der Waals surface area contributed by atoms with Crippen LogP contribution in [0.3, 0.4) is 0 Å². The van der Waals surface area contributed by atoms with Gasteiger partial charge in [-0.3, -0.25) is 4.79 Å². The van der Waals surface area contributed by atoms with Crippen LogP contribution >= 0.6 is 0 Å². The normalized spacial score (nSPS) is 12.6. The van der Waals surface area contributed by atoms with Gasteiger partial charge in [-0.1, -0.05) is 0 Å². The number of aromatic hydroxyl groups is 1. The lowest BCUT2D eigenvalue weighted by molar-refractivity contribution is -0.117. The number of carbonyl (C=O) groups excluding carboxylic acids is 1. The van der Waals surface area contributed by atoms with E-state index in [1.54, 1.807) is 19.1 Å². The minimum atomic E-state index is -0.339. The molecule has 5 N–H and O–H groups in total. The van der Waals surface area contributed by atoms with Crippen LogP contribution in [-0.4, -0.2) is 28.8 Å². The van der Waals surface area contributed by atoms with E-state index in [1.165, 1.54) is 18.2 Å². The van der Waals surface area contributed by atoms with Crippen molar-refractivity contribution in [3.8, 4) is 5.75 Å². The highest BCUT2D eigenvalue weighted by Crippen LogP contribution is 2.20. The molecule has 1 aromatic carbocycles. The molecule has 0 bridgehead atoms. The molecule has 1 unspecified atom stereocenters. The molecule has 0 saturated carbocycles. The minimum Gasteiger partial charge on any atom is -0.507 e. The Labute approximate surface area is 99.6 Å². The summed E-state index contributed by atoms with van der Waals surface area (Å²) < 4.78 is 0. The molecule has 0 aliphatic carbocycles. The van der Waals surface area contributed by atoms with Gasteiger partial charge in [0.25, 0.3) is 0 Å². The minimum absolute atomic E-state index is 0.0541. The third kappa shape index (κ3) is 4.16. The highest BCUT2D eigenvalue weighted by Gasteiger charge is 2.03. The van der Waals surface area contributed by atoms with E-state index in [1.807, 2.05) is 0 Å². The van der Waals surface area contributed by atoms with Crippen molar-refractivity contribution in [1.82, 2.24) is 5.32 Å². The molecule has 1 amide bonds. The molecule has 0 saturated heterocycles. The predicted molar refractivity (Wildman–Crippen MR) is 66.2 cm³/mol. The van der Waals surface area contributed by atoms with Crippen LogP contribution in [0, 0.1) is 0 Å². The van der Waals surface area contributed by atoms with Gasteiger partial charge < -0.3 is 21.3 Å². The molecule has 0 aliphatic rings. The van der Waals surface area contributed by atoms with Crippen molar-refractivity contribution in [2.75, 3.05) is 12.3 Å². The van der Waals surface area contributed by atoms with E-state index in [-0.39, 0.29) is 24.3 Å². The summed E-state index contributed by atoms with van der Waals surface area (Å²) in [4.78, 5) is 11.4. The lowest BCUT2D eigenvalue weighted by Gasteiger charge is -2.07. The summed E-state index contributed by atoms with van der Waals surface area (Å²) in [6.07, 6.45) is 2.74. The fraction of sp³-hybridized carbons (Fsp3) is 0.250. The molecule has 0 heterocycles. The number of hydrogen-bond acceptors (Lipinski definition) is 4. The number of nitrogens with two attached hydrogens (primary N) is 1. The van der Waals surface area contributed by atoms with Gasteiger partial charge >= 0.3 is 0 Å². The van der Waals surface area contributed by atoms with E-state index in [0.29, 0.717) is 11.3 Å². The molecule has 5 nitrogen and oxygen atoms in total. The Bertz CT molecular complexity index is 430. The number of phenols is 1. The van der Waals surface area contributed by atoms with Crippen molar-refractivity contribution in [3.63, 3.8) is 0 Å². The van der Waals surface area contributed by atoms with Gasteiger partial charge in [0.1, 0.15) is 5.75 Å². The maximum Gasteiger partial charge on any atom is 0.244 e. The molecule has 0 aromatic heterocycles. The molecule has 17 heavy (non-hydrogen) atoms. The highest BCUT2D eigenvalue weighted by atomic mass is 16.3. The number of carbonyl (C=O) groups is 1. The zero-order valence-electron chi connectivity index (χ0n) is 9.55. The van der Waals surface area contributed by atoms with Crippen LogP contribution < -0.4 is 11.1 Å². The Morgan fingerprint density at radius 3 is 2.94 bits per heavy atom. The smallest absolute Gasteiger partial charge is 0.244 e. The summed E-state index contributed by atoms with van der Waals surface area (Å²) in [5, 5.41) is 20.8. The Balaban J connectivity index is 2.70. The summed E-state index contributed by atoms with van der Waals surface area (Å²) in [6.45, 7) is 1.56. The van der Waals surface area contributed by atoms with Gasteiger partial charge in [0.15, 0.2) is 0 Å². The SMILES string of the molecule is CC(CO)NC(=O)/C=C/c1cc(N)ccc1O. The monoisotopic (exact) mass is 236 g/mol. The van der Waals surface area contributed by atoms with Gasteiger partial charge in [0, 0.05) is 23.4 Å². The molecule has 1 aromatic rings. The number of nitrogens with one attached hydrogen (secondary N) is 1. The number of anilines is 1. The molecular weight excluding hydrogens is 220 g/mol. The molecular formula is C12H16N2O3. The second-order valence-corrected chi connectivity index (χ2v) is 3.74. The Morgan fingerprint density at radius 2 is 2.29 bits per heavy atom. The first-order valence-electron chi connectivity index (χ1n) is 5.21. The summed E-state index contributed by atoms with van der Waals surface area (Å²) in [5.41, 5.74) is 6.53. The Kier molecular flexibility index (Phi) is 4.54. The summed E-state index contributed by atoms with van der Waals surface area (Å²) in [6, 6.07) is 4.29. The van der Waals surface area contributed by atoms with Crippen LogP contribution in [-0.2, 0) is 4.79 Å². The number of phenolic OH excluding ortho intramolecular Hbond substituents is 1. The summed E-state index contributed by atoms with van der Waals surface area (Å²) >= 11 is 0. The lowest BCUT2D eigenvalue weighted by Crippen LogP contribution is -2.33. The second kappa shape index (κ2) is 5.91. The van der Waals surface area contributed by atoms with Crippen LogP contribution in [0.5, 0.6) is 5.75 Å². The van der Waals surface area contributed by atoms with Gasteiger partial charge in [0.2, 0.25) is 5.91 Å². The van der Waals surface area contributed by atoms with Gasteiger partial charge in [-0.25, -0.2) is 0 Å². The molecule has 0 spiro atoms. The van der Waals surface area contributed by atoms with E-state index >= 15 is 0 Å². The van der Waals surface area contributed by atoms with Crippen molar-refractivity contribution in [1.29, 1.82) is 0 Å². The zero-order valence-corrected chi connectivity index (χ0v) is 9.55. The molecule has 1 atom stereocenters. The molecule has 0 fully saturated rings. The lowest BCUT2D eigenvalue weighted by atomic mass is 10.1. The Morgan fingerprint density at radius 1 is 1.59 bits per heavy atom. The van der Waals surface area contributed by atoms with Gasteiger partial charge in [-0.2, -0.15) is 0 Å². The molecule has 1 rings (SSSR count). The van der Waals surface area contributed by atoms with Crippen LogP contribution in [0.2, 0.25) is 0 Å². The number of rotatable bonds is 4. The average molecular weight is 236 g/mol. The topological polar surface area (TPSA) is 95.6 Å². The van der Waals surface area contributed by atoms with E-state index < -0.39 is 0 Å². The molecule has 0 aliphatic heterocycles. The summed E-state index contributed by atoms with van der Waals surface area (Å²) in [5.74, 6) is -0.285. The number of nitrogen functional groups attached to an aromatic ring is 1. The highest BCUT2D eigenvalue weighted by molar-refractivity contribution is 5.92. The van der Waals surface area contributed by atoms with Gasteiger partial charge in [-0.05, 0) is 31.2 Å². The first kappa shape index (κ1) is 13.1. The van der Waals surface area contributed by atoms with Crippen molar-refractivity contribution in [3.05, 3.63) is 29.8 Å². The number of aliphatic hydroxyl groups excluding tert-OH is 1. The number of benzene rings is 1. The third-order valence-corrected chi connectivity index (χ3v) is 2.13. The van der Waals surface area contributed by atoms with Crippen molar-refractivity contribution < 1.29 is 15.0 Å². The van der Waals surface area contributed by atoms with Crippen LogP contribution in [0.4, 0.5) is 5.69 Å². The zero-order chi connectivity index (χ0) is 12.8. The van der Waals surface area contributed by atoms with Crippen LogP contribution in [0.25, 0.3) is 6.08 Å². The number of aliphatic hydroxyl groups is 1. The van der Waals surface area contributed by atoms with E-state index in [4.69, 9.17) is 10.8 Å². The third-order valence-electron chi connectivity index (χ3n) is 2.13. The summed E-state index contributed by atoms with van der Waals surface area (Å²) in [7, 11) is 0. The number of amides is 1. The first-order chi connectivity index (χ1) is 8.02. The van der Waals surface area contributed by atoms with E-state index in [2.05, 4.69) is 5.32 Å². The largest absolute Gasteiger partial charge is 0.507 e. The van der Waals surface area contributed by atoms with Gasteiger partial charge in [0.05, 0.1) is 6.61 Å². The maximum absolute atomic E-state index is 11.4. The molecule has 0 radical (unpaired) electrons. The van der Waals surface area contributed by atoms with Crippen molar-refractivity contribution in [2.24, 2.45) is 0 Å². The maximum atomic E-state index is 11.4. The molecule has 92 valence electrons. The number of hydrogen-bond donors (Lipinski definition) is 4. The fourth-order valence-electron chi connectivity index (χ4n) is 1.21. The standard InChI is InChI=1S/C12H16N2O3/c1-8(7-15)14-12(17)5-2-9-6-10(13)3-4-11(9)16/h2-6,8,15-16H,7,13H2,1H3,(H,14,17)/b5-2+. The predicted octanol–water partition coefficient (Wildman–Crippen LogP) is 0.485. The van der Waals surface area contributed by atoms with Gasteiger partial charge in [-0.15, -0.1) is 0 Å². The van der Waals surface area contributed by atoms with Crippen LogP contribution in [0.15, 0.2) is 24.3 Å². The quantitative estimate of drug-likeness (QED) is 0.347. The first-order valence-corrected chi connectivity index (χ1v) is 5.21. The molecule has 5 heteroatoms. The Hall–Kier alpha value is -2.01. The van der Waals surface area contributed by atoms with E-state index in [0.717, 1.165) is 0 Å². The fourth-order valence-corrected chi connectivity index (χ4v) is 1.21. The average Bonchev–Trinajstić information content (AvgIpc) is 2.30. The van der Waals surface area contributed by atoms with E-state index in [9.17, 15) is 9.90 Å².